The maximum Gasteiger partial charge on any atom is 0.408 e. The molecule has 2 aromatic rings. The van der Waals surface area contributed by atoms with Crippen molar-refractivity contribution in [3.63, 3.8) is 0 Å². The molecule has 0 spiro atoms. The second-order valence-corrected chi connectivity index (χ2v) is 9.55. The number of ether oxygens (including phenoxy) is 1. The van der Waals surface area contributed by atoms with Gasteiger partial charge in [0.2, 0.25) is 0 Å². The molecule has 0 aliphatic heterocycles. The number of carbonyl (C=O) groups excluding carboxylic acids is 1. The second-order valence-electron chi connectivity index (χ2n) is 9.55. The summed E-state index contributed by atoms with van der Waals surface area (Å²) < 4.78 is 5.48. The summed E-state index contributed by atoms with van der Waals surface area (Å²) in [6.07, 6.45) is 9.64. The van der Waals surface area contributed by atoms with E-state index in [0.29, 0.717) is 17.4 Å². The molecule has 36 heavy (non-hydrogen) atoms. The van der Waals surface area contributed by atoms with Crippen LogP contribution in [-0.2, 0) is 10.3 Å². The summed E-state index contributed by atoms with van der Waals surface area (Å²) in [6, 6.07) is 9.89. The van der Waals surface area contributed by atoms with Crippen molar-refractivity contribution in [2.24, 2.45) is 15.8 Å². The second kappa shape index (κ2) is 11.7. The van der Waals surface area contributed by atoms with Gasteiger partial charge in [-0.2, -0.15) is 0 Å². The fraction of sp³-hybridized carbons (Fsp3) is 0.370. The summed E-state index contributed by atoms with van der Waals surface area (Å²) in [4.78, 5) is 29.6. The van der Waals surface area contributed by atoms with Crippen LogP contribution in [-0.4, -0.2) is 33.2 Å². The van der Waals surface area contributed by atoms with Crippen molar-refractivity contribution in [1.29, 1.82) is 0 Å². The first-order chi connectivity index (χ1) is 17.2. The molecule has 9 heteroatoms. The quantitative estimate of drug-likeness (QED) is 0.165. The number of benzene rings is 1. The van der Waals surface area contributed by atoms with Crippen LogP contribution in [0.2, 0.25) is 0 Å². The highest BCUT2D eigenvalue weighted by molar-refractivity contribution is 6.01. The predicted octanol–water partition coefficient (Wildman–Crippen LogP) is 4.52. The van der Waals surface area contributed by atoms with Crippen molar-refractivity contribution in [1.82, 2.24) is 20.7 Å². The minimum Gasteiger partial charge on any atom is -0.444 e. The molecule has 1 aromatic carbocycles. The highest BCUT2D eigenvalue weighted by Crippen LogP contribution is 2.41. The zero-order valence-electron chi connectivity index (χ0n) is 21.4. The number of rotatable bonds is 8. The van der Waals surface area contributed by atoms with Gasteiger partial charge in [-0.3, -0.25) is 4.99 Å². The summed E-state index contributed by atoms with van der Waals surface area (Å²) in [5, 5.41) is 3.10. The Balaban J connectivity index is 1.71. The lowest BCUT2D eigenvalue weighted by molar-refractivity contribution is 0.0377. The monoisotopic (exact) mass is 489 g/mol. The molecule has 0 bridgehead atoms. The van der Waals surface area contributed by atoms with E-state index in [1.54, 1.807) is 30.7 Å². The highest BCUT2D eigenvalue weighted by Gasteiger charge is 2.41. The standard InChI is InChI=1S/C27H35N7O2/c1-6-22(32-19(2)13-18-31-24(34-28)23-29-16-8-17-30-23)20-9-11-21(12-10-20)27(14-7-15-27)33-25(35)36-26(3,4)5/h8-13,16-18H,2,6-7,14-15,28H2,1,3-5H3,(H,31,34)(H,33,35)/b18-13-,32-22?. The van der Waals surface area contributed by atoms with E-state index in [1.165, 1.54) is 0 Å². The van der Waals surface area contributed by atoms with Gasteiger partial charge < -0.3 is 15.5 Å². The number of amides is 1. The Kier molecular flexibility index (Phi) is 8.71. The van der Waals surface area contributed by atoms with Gasteiger partial charge in [0.25, 0.3) is 0 Å². The lowest BCUT2D eigenvalue weighted by Gasteiger charge is -2.43. The van der Waals surface area contributed by atoms with Gasteiger partial charge in [-0.1, -0.05) is 37.8 Å². The van der Waals surface area contributed by atoms with Gasteiger partial charge in [0, 0.05) is 24.3 Å². The van der Waals surface area contributed by atoms with Crippen LogP contribution in [0.5, 0.6) is 0 Å². The lowest BCUT2D eigenvalue weighted by atomic mass is 9.71. The third-order valence-electron chi connectivity index (χ3n) is 5.72. The van der Waals surface area contributed by atoms with Crippen LogP contribution in [0, 0.1) is 0 Å². The maximum absolute atomic E-state index is 12.4. The van der Waals surface area contributed by atoms with Crippen molar-refractivity contribution < 1.29 is 9.53 Å². The Hall–Kier alpha value is -3.85. The van der Waals surface area contributed by atoms with E-state index >= 15 is 0 Å². The fourth-order valence-corrected chi connectivity index (χ4v) is 3.83. The third-order valence-corrected chi connectivity index (χ3v) is 5.72. The van der Waals surface area contributed by atoms with Gasteiger partial charge in [-0.05, 0) is 69.7 Å². The number of aromatic nitrogens is 2. The van der Waals surface area contributed by atoms with Gasteiger partial charge >= 0.3 is 6.09 Å². The number of hydrazine groups is 1. The number of hydrogen-bond acceptors (Lipinski definition) is 7. The summed E-state index contributed by atoms with van der Waals surface area (Å²) in [5.74, 6) is 6.26. The molecule has 0 unspecified atom stereocenters. The average molecular weight is 490 g/mol. The number of aliphatic imine (C=N–C) groups is 2. The zero-order chi connectivity index (χ0) is 26.2. The number of alkyl carbamates (subject to hydrolysis) is 1. The molecule has 1 saturated carbocycles. The molecular formula is C27H35N7O2. The molecule has 0 saturated heterocycles. The lowest BCUT2D eigenvalue weighted by Crippen LogP contribution is -2.52. The molecule has 0 atom stereocenters. The summed E-state index contributed by atoms with van der Waals surface area (Å²) in [6.45, 7) is 11.6. The molecule has 9 nitrogen and oxygen atoms in total. The molecule has 4 N–H and O–H groups in total. The number of carbonyl (C=O) groups is 1. The van der Waals surface area contributed by atoms with E-state index in [1.807, 2.05) is 39.8 Å². The summed E-state index contributed by atoms with van der Waals surface area (Å²) in [7, 11) is 0. The first kappa shape index (κ1) is 26.7. The summed E-state index contributed by atoms with van der Waals surface area (Å²) in [5.41, 5.74) is 5.08. The first-order valence-corrected chi connectivity index (χ1v) is 12.0. The summed E-state index contributed by atoms with van der Waals surface area (Å²) >= 11 is 0. The van der Waals surface area contributed by atoms with Gasteiger partial charge in [-0.15, -0.1) is 0 Å². The van der Waals surface area contributed by atoms with E-state index in [0.717, 1.165) is 42.5 Å². The number of allylic oxidation sites excluding steroid dienone is 1. The van der Waals surface area contributed by atoms with Crippen LogP contribution in [0.4, 0.5) is 4.79 Å². The minimum absolute atomic E-state index is 0.333. The Labute approximate surface area is 212 Å². The number of amidine groups is 1. The van der Waals surface area contributed by atoms with Crippen LogP contribution < -0.4 is 16.6 Å². The van der Waals surface area contributed by atoms with Crippen LogP contribution in [0.25, 0.3) is 0 Å². The molecule has 190 valence electrons. The van der Waals surface area contributed by atoms with E-state index in [4.69, 9.17) is 10.6 Å². The molecule has 1 amide bonds. The number of nitrogens with zero attached hydrogens (tertiary/aromatic N) is 4. The Morgan fingerprint density at radius 2 is 1.89 bits per heavy atom. The topological polar surface area (TPSA) is 127 Å². The Bertz CT molecular complexity index is 1140. The molecule has 1 aliphatic carbocycles. The molecule has 1 aromatic heterocycles. The van der Waals surface area contributed by atoms with Gasteiger partial charge in [-0.25, -0.2) is 25.6 Å². The Morgan fingerprint density at radius 1 is 1.22 bits per heavy atom. The third kappa shape index (κ3) is 7.08. The molecule has 1 aliphatic rings. The smallest absolute Gasteiger partial charge is 0.408 e. The van der Waals surface area contributed by atoms with Crippen molar-refractivity contribution in [2.75, 3.05) is 0 Å². The molecule has 1 fully saturated rings. The van der Waals surface area contributed by atoms with E-state index in [-0.39, 0.29) is 11.6 Å². The maximum atomic E-state index is 12.4. The van der Waals surface area contributed by atoms with E-state index in [9.17, 15) is 4.79 Å². The highest BCUT2D eigenvalue weighted by atomic mass is 16.6. The van der Waals surface area contributed by atoms with Crippen LogP contribution >= 0.6 is 0 Å². The zero-order valence-corrected chi connectivity index (χ0v) is 21.4. The van der Waals surface area contributed by atoms with Gasteiger partial charge in [0.15, 0.2) is 11.7 Å². The van der Waals surface area contributed by atoms with Crippen molar-refractivity contribution in [3.8, 4) is 0 Å². The van der Waals surface area contributed by atoms with E-state index in [2.05, 4.69) is 49.4 Å². The molecular weight excluding hydrogens is 454 g/mol. The predicted molar refractivity (Wildman–Crippen MR) is 142 cm³/mol. The average Bonchev–Trinajstić information content (AvgIpc) is 2.82. The Morgan fingerprint density at radius 3 is 2.42 bits per heavy atom. The van der Waals surface area contributed by atoms with Crippen molar-refractivity contribution in [3.05, 3.63) is 84.2 Å². The molecule has 0 radical (unpaired) electrons. The largest absolute Gasteiger partial charge is 0.444 e. The number of nitrogens with one attached hydrogen (secondary N) is 2. The van der Waals surface area contributed by atoms with Crippen LogP contribution in [0.3, 0.4) is 0 Å². The van der Waals surface area contributed by atoms with Crippen LogP contribution in [0.15, 0.2) is 77.3 Å². The van der Waals surface area contributed by atoms with Crippen molar-refractivity contribution >= 4 is 17.6 Å². The SMILES string of the molecule is C=C(/C=C\N=C(NN)c1ncccn1)N=C(CC)c1ccc(C2(NC(=O)OC(C)(C)C)CCC2)cc1. The van der Waals surface area contributed by atoms with E-state index < -0.39 is 5.60 Å². The fourth-order valence-electron chi connectivity index (χ4n) is 3.83. The van der Waals surface area contributed by atoms with Gasteiger partial charge in [0.05, 0.1) is 11.2 Å². The van der Waals surface area contributed by atoms with Crippen molar-refractivity contribution in [2.45, 2.75) is 64.5 Å². The first-order valence-electron chi connectivity index (χ1n) is 12.0. The number of nitrogens with two attached hydrogens (primary N) is 1. The molecule has 3 rings (SSSR count). The molecule has 1 heterocycles. The van der Waals surface area contributed by atoms with Gasteiger partial charge in [0.1, 0.15) is 5.60 Å². The number of hydrogen-bond donors (Lipinski definition) is 3. The van der Waals surface area contributed by atoms with Crippen LogP contribution in [0.1, 0.15) is 70.3 Å². The normalized spacial score (nSPS) is 15.8. The minimum atomic E-state index is -0.536.